The van der Waals surface area contributed by atoms with Crippen molar-refractivity contribution >= 4 is 11.6 Å². The molecular formula is C20H26N2O3. The van der Waals surface area contributed by atoms with Crippen molar-refractivity contribution in [3.05, 3.63) is 53.6 Å². The fraction of sp³-hybridized carbons (Fsp3) is 0.350. The maximum Gasteiger partial charge on any atom is 0.251 e. The molecule has 2 aromatic rings. The SMILES string of the molecule is COc1cc(OC)cc(C(=O)NCCCc2ccc(N(C)C)cc2)c1. The van der Waals surface area contributed by atoms with Crippen LogP contribution in [0, 0.1) is 0 Å². The molecule has 2 aromatic carbocycles. The van der Waals surface area contributed by atoms with Gasteiger partial charge in [-0.1, -0.05) is 12.1 Å². The summed E-state index contributed by atoms with van der Waals surface area (Å²) in [6, 6.07) is 13.6. The normalized spacial score (nSPS) is 10.2. The second kappa shape index (κ2) is 8.97. The van der Waals surface area contributed by atoms with Gasteiger partial charge in [0.15, 0.2) is 0 Å². The molecule has 2 rings (SSSR count). The molecule has 5 heteroatoms. The van der Waals surface area contributed by atoms with E-state index in [1.54, 1.807) is 32.4 Å². The lowest BCUT2D eigenvalue weighted by atomic mass is 10.1. The Morgan fingerprint density at radius 1 is 1.00 bits per heavy atom. The molecule has 0 fully saturated rings. The van der Waals surface area contributed by atoms with Crippen molar-refractivity contribution in [1.82, 2.24) is 5.32 Å². The number of hydrogen-bond acceptors (Lipinski definition) is 4. The summed E-state index contributed by atoms with van der Waals surface area (Å²) in [6.07, 6.45) is 1.81. The molecule has 0 aliphatic carbocycles. The zero-order valence-electron chi connectivity index (χ0n) is 15.3. The highest BCUT2D eigenvalue weighted by atomic mass is 16.5. The summed E-state index contributed by atoms with van der Waals surface area (Å²) in [5.74, 6) is 1.08. The first kappa shape index (κ1) is 18.6. The highest BCUT2D eigenvalue weighted by Crippen LogP contribution is 2.22. The first-order valence-corrected chi connectivity index (χ1v) is 8.31. The minimum atomic E-state index is -0.125. The lowest BCUT2D eigenvalue weighted by Crippen LogP contribution is -2.24. The van der Waals surface area contributed by atoms with Crippen molar-refractivity contribution in [2.75, 3.05) is 39.8 Å². The van der Waals surface area contributed by atoms with Crippen LogP contribution in [0.1, 0.15) is 22.3 Å². The van der Waals surface area contributed by atoms with Crippen molar-refractivity contribution < 1.29 is 14.3 Å². The van der Waals surface area contributed by atoms with Gasteiger partial charge >= 0.3 is 0 Å². The van der Waals surface area contributed by atoms with Crippen molar-refractivity contribution in [2.24, 2.45) is 0 Å². The molecule has 134 valence electrons. The summed E-state index contributed by atoms with van der Waals surface area (Å²) < 4.78 is 10.4. The Morgan fingerprint density at radius 2 is 1.60 bits per heavy atom. The van der Waals surface area contributed by atoms with Gasteiger partial charge in [0.25, 0.3) is 5.91 Å². The zero-order valence-corrected chi connectivity index (χ0v) is 15.3. The van der Waals surface area contributed by atoms with Crippen LogP contribution in [-0.4, -0.2) is 40.8 Å². The predicted octanol–water partition coefficient (Wildman–Crippen LogP) is 3.13. The Hall–Kier alpha value is -2.69. The number of anilines is 1. The number of amides is 1. The Balaban J connectivity index is 1.84. The Morgan fingerprint density at radius 3 is 2.12 bits per heavy atom. The minimum absolute atomic E-state index is 0.125. The maximum atomic E-state index is 12.3. The molecular weight excluding hydrogens is 316 g/mol. The number of hydrogen-bond donors (Lipinski definition) is 1. The molecule has 0 bridgehead atoms. The summed E-state index contributed by atoms with van der Waals surface area (Å²) in [5.41, 5.74) is 2.98. The van der Waals surface area contributed by atoms with Gasteiger partial charge in [0, 0.05) is 38.0 Å². The second-order valence-electron chi connectivity index (χ2n) is 6.02. The Labute approximate surface area is 149 Å². The standard InChI is InChI=1S/C20H26N2O3/c1-22(2)17-9-7-15(8-10-17)6-5-11-21-20(23)16-12-18(24-3)14-19(13-16)25-4/h7-10,12-14H,5-6,11H2,1-4H3,(H,21,23). The molecule has 0 radical (unpaired) electrons. The van der Waals surface area contributed by atoms with E-state index in [1.807, 2.05) is 14.1 Å². The molecule has 0 spiro atoms. The van der Waals surface area contributed by atoms with Crippen LogP contribution >= 0.6 is 0 Å². The average molecular weight is 342 g/mol. The summed E-state index contributed by atoms with van der Waals surface area (Å²) in [4.78, 5) is 14.4. The molecule has 1 N–H and O–H groups in total. The molecule has 0 unspecified atom stereocenters. The van der Waals surface area contributed by atoms with Crippen molar-refractivity contribution in [3.8, 4) is 11.5 Å². The van der Waals surface area contributed by atoms with Crippen LogP contribution in [0.25, 0.3) is 0 Å². The van der Waals surface area contributed by atoms with Crippen LogP contribution < -0.4 is 19.7 Å². The second-order valence-corrected chi connectivity index (χ2v) is 6.02. The third-order valence-electron chi connectivity index (χ3n) is 3.99. The fourth-order valence-corrected chi connectivity index (χ4v) is 2.50. The first-order chi connectivity index (χ1) is 12.0. The van der Waals surface area contributed by atoms with Gasteiger partial charge < -0.3 is 19.7 Å². The number of carbonyl (C=O) groups is 1. The molecule has 0 aliphatic rings. The van der Waals surface area contributed by atoms with Gasteiger partial charge in [0.05, 0.1) is 14.2 Å². The topological polar surface area (TPSA) is 50.8 Å². The Bertz CT molecular complexity index is 674. The van der Waals surface area contributed by atoms with Crippen LogP contribution in [0.15, 0.2) is 42.5 Å². The summed E-state index contributed by atoms with van der Waals surface area (Å²) in [6.45, 7) is 0.619. The quantitative estimate of drug-likeness (QED) is 0.749. The Kier molecular flexibility index (Phi) is 6.69. The van der Waals surface area contributed by atoms with E-state index in [0.29, 0.717) is 23.6 Å². The van der Waals surface area contributed by atoms with Crippen LogP contribution in [0.3, 0.4) is 0 Å². The van der Waals surface area contributed by atoms with Crippen LogP contribution in [-0.2, 0) is 6.42 Å². The zero-order chi connectivity index (χ0) is 18.2. The number of nitrogens with one attached hydrogen (secondary N) is 1. The lowest BCUT2D eigenvalue weighted by Gasteiger charge is -2.12. The lowest BCUT2D eigenvalue weighted by molar-refractivity contribution is 0.0952. The molecule has 0 saturated carbocycles. The number of ether oxygens (including phenoxy) is 2. The van der Waals surface area contributed by atoms with Gasteiger partial charge in [-0.15, -0.1) is 0 Å². The third kappa shape index (κ3) is 5.41. The van der Waals surface area contributed by atoms with Crippen molar-refractivity contribution in [3.63, 3.8) is 0 Å². The minimum Gasteiger partial charge on any atom is -0.497 e. The maximum absolute atomic E-state index is 12.3. The van der Waals surface area contributed by atoms with E-state index in [2.05, 4.69) is 34.5 Å². The molecule has 0 aromatic heterocycles. The van der Waals surface area contributed by atoms with Crippen LogP contribution in [0.2, 0.25) is 0 Å². The molecule has 0 aliphatic heterocycles. The van der Waals surface area contributed by atoms with Gasteiger partial charge in [-0.3, -0.25) is 4.79 Å². The van der Waals surface area contributed by atoms with E-state index >= 15 is 0 Å². The largest absolute Gasteiger partial charge is 0.497 e. The van der Waals surface area contributed by atoms with Gasteiger partial charge in [-0.25, -0.2) is 0 Å². The number of benzene rings is 2. The van der Waals surface area contributed by atoms with Crippen LogP contribution in [0.4, 0.5) is 5.69 Å². The number of rotatable bonds is 8. The average Bonchev–Trinajstić information content (AvgIpc) is 2.64. The predicted molar refractivity (Wildman–Crippen MR) is 101 cm³/mol. The van der Waals surface area contributed by atoms with E-state index in [-0.39, 0.29) is 5.91 Å². The number of nitrogens with zero attached hydrogens (tertiary/aromatic N) is 1. The van der Waals surface area contributed by atoms with Gasteiger partial charge in [-0.05, 0) is 42.7 Å². The van der Waals surface area contributed by atoms with Gasteiger partial charge in [0.1, 0.15) is 11.5 Å². The van der Waals surface area contributed by atoms with E-state index in [9.17, 15) is 4.79 Å². The third-order valence-corrected chi connectivity index (χ3v) is 3.99. The van der Waals surface area contributed by atoms with E-state index < -0.39 is 0 Å². The molecule has 0 atom stereocenters. The molecule has 5 nitrogen and oxygen atoms in total. The number of carbonyl (C=O) groups excluding carboxylic acids is 1. The van der Waals surface area contributed by atoms with E-state index in [0.717, 1.165) is 12.8 Å². The van der Waals surface area contributed by atoms with Gasteiger partial charge in [-0.2, -0.15) is 0 Å². The first-order valence-electron chi connectivity index (χ1n) is 8.31. The molecule has 1 amide bonds. The van der Waals surface area contributed by atoms with E-state index in [1.165, 1.54) is 11.3 Å². The summed E-state index contributed by atoms with van der Waals surface area (Å²) >= 11 is 0. The molecule has 25 heavy (non-hydrogen) atoms. The highest BCUT2D eigenvalue weighted by molar-refractivity contribution is 5.95. The van der Waals surface area contributed by atoms with Crippen molar-refractivity contribution in [2.45, 2.75) is 12.8 Å². The smallest absolute Gasteiger partial charge is 0.251 e. The summed E-state index contributed by atoms with van der Waals surface area (Å²) in [5, 5.41) is 2.94. The number of methoxy groups -OCH3 is 2. The van der Waals surface area contributed by atoms with Gasteiger partial charge in [0.2, 0.25) is 0 Å². The highest BCUT2D eigenvalue weighted by Gasteiger charge is 2.09. The molecule has 0 heterocycles. The van der Waals surface area contributed by atoms with E-state index in [4.69, 9.17) is 9.47 Å². The fourth-order valence-electron chi connectivity index (χ4n) is 2.50. The van der Waals surface area contributed by atoms with Crippen LogP contribution in [0.5, 0.6) is 11.5 Å². The van der Waals surface area contributed by atoms with Crippen molar-refractivity contribution in [1.29, 1.82) is 0 Å². The monoisotopic (exact) mass is 342 g/mol. The summed E-state index contributed by atoms with van der Waals surface area (Å²) in [7, 11) is 7.19. The molecule has 0 saturated heterocycles. The number of aryl methyl sites for hydroxylation is 1.